The summed E-state index contributed by atoms with van der Waals surface area (Å²) < 4.78 is 33.2. The zero-order valence-corrected chi connectivity index (χ0v) is 12.2. The van der Waals surface area contributed by atoms with Gasteiger partial charge in [0.2, 0.25) is 0 Å². The van der Waals surface area contributed by atoms with Crippen LogP contribution in [0.15, 0.2) is 24.3 Å². The Kier molecular flexibility index (Phi) is 4.47. The standard InChI is InChI=1S/C14H20O4S/c1-17-12-7-5-6-11(10-12)13-8-3-4-9-14(13)18-19(2,15)16/h5-7,10,13-14H,3-4,8-9H2,1-2H3. The molecule has 5 heteroatoms. The molecule has 2 atom stereocenters. The fraction of sp³-hybridized carbons (Fsp3) is 0.571. The van der Waals surface area contributed by atoms with E-state index >= 15 is 0 Å². The Bertz CT molecular complexity index is 524. The van der Waals surface area contributed by atoms with Crippen molar-refractivity contribution in [2.75, 3.05) is 13.4 Å². The van der Waals surface area contributed by atoms with E-state index in [0.29, 0.717) is 0 Å². The minimum Gasteiger partial charge on any atom is -0.497 e. The minimum absolute atomic E-state index is 0.124. The maximum Gasteiger partial charge on any atom is 0.264 e. The molecule has 0 aliphatic heterocycles. The fourth-order valence-corrected chi connectivity index (χ4v) is 3.37. The Balaban J connectivity index is 2.23. The van der Waals surface area contributed by atoms with E-state index in [9.17, 15) is 8.42 Å². The largest absolute Gasteiger partial charge is 0.497 e. The lowest BCUT2D eigenvalue weighted by atomic mass is 9.82. The van der Waals surface area contributed by atoms with Crippen molar-refractivity contribution >= 4 is 10.1 Å². The molecule has 2 rings (SSSR count). The van der Waals surface area contributed by atoms with Gasteiger partial charge in [-0.05, 0) is 30.5 Å². The van der Waals surface area contributed by atoms with Crippen molar-refractivity contribution in [1.29, 1.82) is 0 Å². The molecule has 0 bridgehead atoms. The highest BCUT2D eigenvalue weighted by atomic mass is 32.2. The second-order valence-corrected chi connectivity index (χ2v) is 6.61. The van der Waals surface area contributed by atoms with Crippen LogP contribution in [0.1, 0.15) is 37.2 Å². The van der Waals surface area contributed by atoms with Gasteiger partial charge in [-0.3, -0.25) is 4.18 Å². The second kappa shape index (κ2) is 5.92. The molecule has 0 amide bonds. The SMILES string of the molecule is COc1cccc(C2CCCCC2OS(C)(=O)=O)c1. The third-order valence-electron chi connectivity index (χ3n) is 3.52. The molecule has 0 aromatic heterocycles. The summed E-state index contributed by atoms with van der Waals surface area (Å²) in [6.45, 7) is 0. The Hall–Kier alpha value is -1.07. The van der Waals surface area contributed by atoms with Gasteiger partial charge in [0.1, 0.15) is 5.75 Å². The van der Waals surface area contributed by atoms with Crippen LogP contribution in [-0.4, -0.2) is 27.9 Å². The van der Waals surface area contributed by atoms with Crippen molar-refractivity contribution in [3.8, 4) is 5.75 Å². The van der Waals surface area contributed by atoms with E-state index in [1.54, 1.807) is 7.11 Å². The van der Waals surface area contributed by atoms with Crippen LogP contribution >= 0.6 is 0 Å². The van der Waals surface area contributed by atoms with Crippen LogP contribution in [0.4, 0.5) is 0 Å². The number of methoxy groups -OCH3 is 1. The van der Waals surface area contributed by atoms with Gasteiger partial charge in [-0.15, -0.1) is 0 Å². The molecule has 0 N–H and O–H groups in total. The monoisotopic (exact) mass is 284 g/mol. The lowest BCUT2D eigenvalue weighted by Gasteiger charge is -2.31. The summed E-state index contributed by atoms with van der Waals surface area (Å²) >= 11 is 0. The summed E-state index contributed by atoms with van der Waals surface area (Å²) in [7, 11) is -1.78. The van der Waals surface area contributed by atoms with Gasteiger partial charge in [0.05, 0.1) is 19.5 Å². The molecule has 0 saturated heterocycles. The Morgan fingerprint density at radius 1 is 1.21 bits per heavy atom. The average molecular weight is 284 g/mol. The highest BCUT2D eigenvalue weighted by molar-refractivity contribution is 7.86. The molecule has 19 heavy (non-hydrogen) atoms. The van der Waals surface area contributed by atoms with Gasteiger partial charge in [-0.25, -0.2) is 0 Å². The van der Waals surface area contributed by atoms with Gasteiger partial charge in [0.15, 0.2) is 0 Å². The summed E-state index contributed by atoms with van der Waals surface area (Å²) in [5.41, 5.74) is 1.09. The van der Waals surface area contributed by atoms with E-state index in [0.717, 1.165) is 43.3 Å². The van der Waals surface area contributed by atoms with Gasteiger partial charge >= 0.3 is 0 Å². The maximum absolute atomic E-state index is 11.4. The first-order chi connectivity index (χ1) is 8.99. The van der Waals surface area contributed by atoms with Crippen molar-refractivity contribution < 1.29 is 17.3 Å². The first-order valence-corrected chi connectivity index (χ1v) is 8.33. The molecule has 1 saturated carbocycles. The second-order valence-electron chi connectivity index (χ2n) is 5.01. The number of hydrogen-bond acceptors (Lipinski definition) is 4. The normalized spacial score (nSPS) is 24.1. The smallest absolute Gasteiger partial charge is 0.264 e. The molecule has 1 aromatic carbocycles. The van der Waals surface area contributed by atoms with Gasteiger partial charge < -0.3 is 4.74 Å². The number of ether oxygens (including phenoxy) is 1. The summed E-state index contributed by atoms with van der Waals surface area (Å²) in [6, 6.07) is 7.80. The Labute approximate surface area is 114 Å². The van der Waals surface area contributed by atoms with Crippen LogP contribution in [0, 0.1) is 0 Å². The Morgan fingerprint density at radius 3 is 2.63 bits per heavy atom. The zero-order valence-electron chi connectivity index (χ0n) is 11.3. The number of rotatable bonds is 4. The van der Waals surface area contributed by atoms with Crippen molar-refractivity contribution in [2.24, 2.45) is 0 Å². The molecular weight excluding hydrogens is 264 g/mol. The van der Waals surface area contributed by atoms with Crippen LogP contribution in [0.5, 0.6) is 5.75 Å². The van der Waals surface area contributed by atoms with Crippen molar-refractivity contribution in [2.45, 2.75) is 37.7 Å². The molecule has 1 aliphatic carbocycles. The predicted octanol–water partition coefficient (Wildman–Crippen LogP) is 2.70. The number of benzene rings is 1. The molecule has 0 spiro atoms. The van der Waals surface area contributed by atoms with Gasteiger partial charge in [0.25, 0.3) is 10.1 Å². The van der Waals surface area contributed by atoms with Crippen LogP contribution < -0.4 is 4.74 Å². The third kappa shape index (κ3) is 3.94. The highest BCUT2D eigenvalue weighted by Gasteiger charge is 2.30. The van der Waals surface area contributed by atoms with E-state index < -0.39 is 10.1 Å². The summed E-state index contributed by atoms with van der Waals surface area (Å²) in [5, 5.41) is 0. The predicted molar refractivity (Wildman–Crippen MR) is 73.9 cm³/mol. The van der Waals surface area contributed by atoms with Crippen LogP contribution in [0.3, 0.4) is 0 Å². The van der Waals surface area contributed by atoms with Gasteiger partial charge in [0, 0.05) is 5.92 Å². The van der Waals surface area contributed by atoms with Crippen molar-refractivity contribution in [3.05, 3.63) is 29.8 Å². The summed E-state index contributed by atoms with van der Waals surface area (Å²) in [5.74, 6) is 0.916. The van der Waals surface area contributed by atoms with Crippen LogP contribution in [0.2, 0.25) is 0 Å². The quantitative estimate of drug-likeness (QED) is 0.798. The zero-order chi connectivity index (χ0) is 13.9. The van der Waals surface area contributed by atoms with Gasteiger partial charge in [-0.1, -0.05) is 25.0 Å². The first kappa shape index (κ1) is 14.3. The molecule has 0 radical (unpaired) electrons. The Morgan fingerprint density at radius 2 is 1.95 bits per heavy atom. The third-order valence-corrected chi connectivity index (χ3v) is 4.12. The minimum atomic E-state index is -3.41. The molecule has 1 fully saturated rings. The van der Waals surface area contributed by atoms with Crippen LogP contribution in [0.25, 0.3) is 0 Å². The lowest BCUT2D eigenvalue weighted by molar-refractivity contribution is 0.138. The molecular formula is C14H20O4S. The molecule has 2 unspecified atom stereocenters. The fourth-order valence-electron chi connectivity index (χ4n) is 2.69. The van der Waals surface area contributed by atoms with Crippen molar-refractivity contribution in [3.63, 3.8) is 0 Å². The average Bonchev–Trinajstić information content (AvgIpc) is 2.37. The van der Waals surface area contributed by atoms with Crippen LogP contribution in [-0.2, 0) is 14.3 Å². The van der Waals surface area contributed by atoms with E-state index in [-0.39, 0.29) is 12.0 Å². The number of hydrogen-bond donors (Lipinski definition) is 0. The van der Waals surface area contributed by atoms with E-state index in [2.05, 4.69) is 0 Å². The maximum atomic E-state index is 11.4. The van der Waals surface area contributed by atoms with E-state index in [4.69, 9.17) is 8.92 Å². The summed E-state index contributed by atoms with van der Waals surface area (Å²) in [4.78, 5) is 0. The van der Waals surface area contributed by atoms with E-state index in [1.165, 1.54) is 0 Å². The van der Waals surface area contributed by atoms with E-state index in [1.807, 2.05) is 24.3 Å². The molecule has 106 valence electrons. The molecule has 1 aromatic rings. The van der Waals surface area contributed by atoms with Crippen molar-refractivity contribution in [1.82, 2.24) is 0 Å². The summed E-state index contributed by atoms with van der Waals surface area (Å²) in [6.07, 6.45) is 4.72. The molecule has 1 aliphatic rings. The topological polar surface area (TPSA) is 52.6 Å². The lowest BCUT2D eigenvalue weighted by Crippen LogP contribution is -2.28. The van der Waals surface area contributed by atoms with Gasteiger partial charge in [-0.2, -0.15) is 8.42 Å². The first-order valence-electron chi connectivity index (χ1n) is 6.52. The highest BCUT2D eigenvalue weighted by Crippen LogP contribution is 2.36. The molecule has 4 nitrogen and oxygen atoms in total. The molecule has 0 heterocycles.